The Morgan fingerprint density at radius 3 is 2.86 bits per heavy atom. The maximum Gasteiger partial charge on any atom is 0.227 e. The summed E-state index contributed by atoms with van der Waals surface area (Å²) in [5.74, 6) is 2.30. The molecule has 1 amide bonds. The van der Waals surface area contributed by atoms with Gasteiger partial charge in [-0.3, -0.25) is 4.79 Å². The van der Waals surface area contributed by atoms with Crippen molar-refractivity contribution < 1.29 is 4.79 Å². The van der Waals surface area contributed by atoms with Gasteiger partial charge in [0.05, 0.1) is 5.75 Å². The molecule has 3 rings (SSSR count). The highest BCUT2D eigenvalue weighted by Gasteiger charge is 2.38. The molecule has 0 spiro atoms. The summed E-state index contributed by atoms with van der Waals surface area (Å²) in [6, 6.07) is 8.61. The first kappa shape index (κ1) is 14.5. The summed E-state index contributed by atoms with van der Waals surface area (Å²) in [6.07, 6.45) is 7.40. The van der Waals surface area contributed by atoms with Crippen LogP contribution in [0.5, 0.6) is 0 Å². The average molecular weight is 302 g/mol. The minimum atomic E-state index is -0.277. The zero-order chi connectivity index (χ0) is 14.8. The highest BCUT2D eigenvalue weighted by molar-refractivity contribution is 8.00. The monoisotopic (exact) mass is 302 g/mol. The Bertz CT molecular complexity index is 557. The van der Waals surface area contributed by atoms with Gasteiger partial charge < -0.3 is 11.1 Å². The van der Waals surface area contributed by atoms with Crippen LogP contribution in [0.2, 0.25) is 0 Å². The molecule has 21 heavy (non-hydrogen) atoms. The van der Waals surface area contributed by atoms with Crippen LogP contribution in [-0.2, 0) is 4.79 Å². The molecule has 0 radical (unpaired) electrons. The minimum absolute atomic E-state index is 0.277. The van der Waals surface area contributed by atoms with Crippen LogP contribution in [0.15, 0.2) is 41.3 Å². The first-order valence-electron chi connectivity index (χ1n) is 7.58. The number of nitrogens with one attached hydrogen (secondary N) is 1. The van der Waals surface area contributed by atoms with E-state index in [1.165, 1.54) is 24.6 Å². The largest absolute Gasteiger partial charge is 0.381 e. The second kappa shape index (κ2) is 6.14. The first-order chi connectivity index (χ1) is 10.1. The van der Waals surface area contributed by atoms with E-state index < -0.39 is 0 Å². The van der Waals surface area contributed by atoms with Gasteiger partial charge in [0.1, 0.15) is 0 Å². The lowest BCUT2D eigenvalue weighted by Gasteiger charge is -2.28. The molecule has 0 aromatic heterocycles. The number of fused-ring (bicyclic) bond motifs is 2. The highest BCUT2D eigenvalue weighted by Crippen LogP contribution is 2.45. The number of thioether (sulfide) groups is 1. The van der Waals surface area contributed by atoms with E-state index in [-0.39, 0.29) is 5.91 Å². The number of anilines is 1. The topological polar surface area (TPSA) is 55.1 Å². The summed E-state index contributed by atoms with van der Waals surface area (Å²) in [7, 11) is 0. The number of hydrogen-bond donors (Lipinski definition) is 2. The van der Waals surface area contributed by atoms with Crippen LogP contribution in [0, 0.1) is 17.8 Å². The fraction of sp³-hybridized carbons (Fsp3) is 0.471. The number of benzene rings is 1. The van der Waals surface area contributed by atoms with Gasteiger partial charge in [-0.25, -0.2) is 0 Å². The molecule has 1 aromatic rings. The molecule has 1 saturated carbocycles. The Kier molecular flexibility index (Phi) is 4.24. The van der Waals surface area contributed by atoms with E-state index in [0.717, 1.165) is 22.4 Å². The molecular weight excluding hydrogens is 280 g/mol. The summed E-state index contributed by atoms with van der Waals surface area (Å²) >= 11 is 1.50. The number of carbonyl (C=O) groups excluding carboxylic acids is 1. The van der Waals surface area contributed by atoms with E-state index in [1.807, 2.05) is 18.2 Å². The van der Waals surface area contributed by atoms with Gasteiger partial charge in [-0.05, 0) is 49.7 Å². The summed E-state index contributed by atoms with van der Waals surface area (Å²) in [5.41, 5.74) is 6.36. The molecule has 3 nitrogen and oxygen atoms in total. The molecule has 0 heterocycles. The summed E-state index contributed by atoms with van der Waals surface area (Å²) in [5, 5.41) is 3.65. The quantitative estimate of drug-likeness (QED) is 0.626. The Hall–Kier alpha value is -1.42. The number of allylic oxidation sites excluding steroid dienone is 2. The fourth-order valence-corrected chi connectivity index (χ4v) is 4.37. The van der Waals surface area contributed by atoms with Crippen molar-refractivity contribution in [2.24, 2.45) is 23.5 Å². The van der Waals surface area contributed by atoms with Gasteiger partial charge in [-0.2, -0.15) is 0 Å². The van der Waals surface area contributed by atoms with Gasteiger partial charge in [-0.15, -0.1) is 11.8 Å². The van der Waals surface area contributed by atoms with Crippen molar-refractivity contribution >= 4 is 23.4 Å². The van der Waals surface area contributed by atoms with Crippen LogP contribution in [0.25, 0.3) is 0 Å². The van der Waals surface area contributed by atoms with Gasteiger partial charge in [0.2, 0.25) is 5.91 Å². The second-order valence-electron chi connectivity index (χ2n) is 6.13. The van der Waals surface area contributed by atoms with Gasteiger partial charge in [0.15, 0.2) is 0 Å². The summed E-state index contributed by atoms with van der Waals surface area (Å²) < 4.78 is 0. The van der Waals surface area contributed by atoms with Crippen LogP contribution < -0.4 is 11.1 Å². The zero-order valence-corrected chi connectivity index (χ0v) is 13.1. The van der Waals surface area contributed by atoms with E-state index in [0.29, 0.717) is 17.7 Å². The molecule has 2 bridgehead atoms. The van der Waals surface area contributed by atoms with E-state index >= 15 is 0 Å². The zero-order valence-electron chi connectivity index (χ0n) is 12.3. The van der Waals surface area contributed by atoms with E-state index in [4.69, 9.17) is 5.73 Å². The molecule has 1 aromatic carbocycles. The fourth-order valence-electron chi connectivity index (χ4n) is 3.61. The number of carbonyl (C=O) groups is 1. The van der Waals surface area contributed by atoms with Crippen LogP contribution in [0.3, 0.4) is 0 Å². The summed E-state index contributed by atoms with van der Waals surface area (Å²) in [4.78, 5) is 12.1. The van der Waals surface area contributed by atoms with Crippen LogP contribution in [0.4, 0.5) is 5.69 Å². The molecular formula is C17H22N2OS. The van der Waals surface area contributed by atoms with Crippen LogP contribution in [-0.4, -0.2) is 17.7 Å². The maximum atomic E-state index is 11.0. The normalized spacial score (nSPS) is 27.8. The molecule has 4 heteroatoms. The third-order valence-corrected chi connectivity index (χ3v) is 5.71. The number of para-hydroxylation sites is 1. The highest BCUT2D eigenvalue weighted by atomic mass is 32.2. The molecule has 0 aliphatic heterocycles. The molecule has 2 aliphatic carbocycles. The van der Waals surface area contributed by atoms with Crippen molar-refractivity contribution in [1.29, 1.82) is 0 Å². The number of primary amides is 1. The number of amides is 1. The second-order valence-corrected chi connectivity index (χ2v) is 7.15. The maximum absolute atomic E-state index is 11.0. The van der Waals surface area contributed by atoms with E-state index in [2.05, 4.69) is 30.5 Å². The standard InChI is InChI=1S/C17H22N2OS/c1-11(14-9-12-6-7-13(14)8-12)19-15-4-2-3-5-16(15)21-10-17(18)20/h2-7,11-14,19H,8-10H2,1H3,(H2,18,20). The van der Waals surface area contributed by atoms with Crippen molar-refractivity contribution in [1.82, 2.24) is 0 Å². The SMILES string of the molecule is CC(Nc1ccccc1SCC(N)=O)C1CC2C=CC1C2. The van der Waals surface area contributed by atoms with E-state index in [9.17, 15) is 4.79 Å². The van der Waals surface area contributed by atoms with E-state index in [1.54, 1.807) is 0 Å². The van der Waals surface area contributed by atoms with Crippen molar-refractivity contribution in [2.75, 3.05) is 11.1 Å². The third-order valence-electron chi connectivity index (χ3n) is 4.61. The lowest BCUT2D eigenvalue weighted by atomic mass is 9.87. The van der Waals surface area contributed by atoms with Crippen molar-refractivity contribution in [3.63, 3.8) is 0 Å². The Morgan fingerprint density at radius 2 is 2.19 bits per heavy atom. The summed E-state index contributed by atoms with van der Waals surface area (Å²) in [6.45, 7) is 2.27. The molecule has 0 saturated heterocycles. The van der Waals surface area contributed by atoms with Gasteiger partial charge in [0.25, 0.3) is 0 Å². The molecule has 112 valence electrons. The van der Waals surface area contributed by atoms with Gasteiger partial charge in [-0.1, -0.05) is 24.3 Å². The first-order valence-corrected chi connectivity index (χ1v) is 8.57. The molecule has 3 N–H and O–H groups in total. The minimum Gasteiger partial charge on any atom is -0.381 e. The van der Waals surface area contributed by atoms with Gasteiger partial charge in [0, 0.05) is 16.6 Å². The Balaban J connectivity index is 1.66. The lowest BCUT2D eigenvalue weighted by molar-refractivity contribution is -0.115. The molecule has 1 fully saturated rings. The van der Waals surface area contributed by atoms with Crippen LogP contribution in [0.1, 0.15) is 19.8 Å². The van der Waals surface area contributed by atoms with Crippen molar-refractivity contribution in [2.45, 2.75) is 30.7 Å². The van der Waals surface area contributed by atoms with Crippen molar-refractivity contribution in [3.05, 3.63) is 36.4 Å². The van der Waals surface area contributed by atoms with Crippen molar-refractivity contribution in [3.8, 4) is 0 Å². The Morgan fingerprint density at radius 1 is 1.38 bits per heavy atom. The molecule has 2 aliphatic rings. The molecule has 4 unspecified atom stereocenters. The smallest absolute Gasteiger partial charge is 0.227 e. The predicted octanol–water partition coefficient (Wildman–Crippen LogP) is 3.28. The predicted molar refractivity (Wildman–Crippen MR) is 88.3 cm³/mol. The van der Waals surface area contributed by atoms with Gasteiger partial charge >= 0.3 is 0 Å². The third kappa shape index (κ3) is 3.26. The lowest BCUT2D eigenvalue weighted by Crippen LogP contribution is -2.29. The number of nitrogens with two attached hydrogens (primary N) is 1. The molecule has 4 atom stereocenters. The average Bonchev–Trinajstić information content (AvgIpc) is 3.09. The number of hydrogen-bond acceptors (Lipinski definition) is 3. The Labute approximate surface area is 130 Å². The van der Waals surface area contributed by atoms with Crippen LogP contribution >= 0.6 is 11.8 Å². The number of rotatable bonds is 6.